The van der Waals surface area contributed by atoms with Crippen LogP contribution in [0, 0.1) is 0 Å². The first kappa shape index (κ1) is 42.6. The highest BCUT2D eigenvalue weighted by molar-refractivity contribution is 5.87. The van der Waals surface area contributed by atoms with Crippen LogP contribution in [0.1, 0.15) is 16.7 Å². The Balaban J connectivity index is 0.740. The topological polar surface area (TPSA) is 119 Å². The SMILES string of the molecule is COc1ccc(C(OCCOCCOCCOc2ccc(-c3nc4ccc(-c5nc6ccc(N7CCN(C)CC7)cc6[nH]5)cc4[nH]3)cc2)(c2ccccc2)c2ccc(OC)cc2)cc1. The second kappa shape index (κ2) is 19.8. The number of rotatable bonds is 19. The number of ether oxygens (including phenoxy) is 6. The summed E-state index contributed by atoms with van der Waals surface area (Å²) in [5.41, 5.74) is 9.09. The van der Waals surface area contributed by atoms with Gasteiger partial charge in [0, 0.05) is 43.0 Å². The Morgan fingerprint density at radius 1 is 0.516 bits per heavy atom. The molecule has 1 saturated heterocycles. The molecule has 1 fully saturated rings. The number of fused-ring (bicyclic) bond motifs is 2. The van der Waals surface area contributed by atoms with Crippen LogP contribution in [0.3, 0.4) is 0 Å². The van der Waals surface area contributed by atoms with Crippen molar-refractivity contribution in [3.63, 3.8) is 0 Å². The first-order valence-corrected chi connectivity index (χ1v) is 21.8. The molecule has 64 heavy (non-hydrogen) atoms. The van der Waals surface area contributed by atoms with Gasteiger partial charge in [-0.05, 0) is 109 Å². The normalized spacial score (nSPS) is 13.5. The summed E-state index contributed by atoms with van der Waals surface area (Å²) in [7, 11) is 5.51. The summed E-state index contributed by atoms with van der Waals surface area (Å²) in [6.07, 6.45) is 0. The molecule has 3 heterocycles. The van der Waals surface area contributed by atoms with Gasteiger partial charge < -0.3 is 48.2 Å². The summed E-state index contributed by atoms with van der Waals surface area (Å²) in [4.78, 5) is 21.6. The first-order valence-electron chi connectivity index (χ1n) is 21.8. The standard InChI is InChI=1S/C52H54N6O6/c1-57-25-27-58(28-26-57)42-16-24-47-49(36-42)56-51(54-47)38-11-23-46-48(35-38)55-50(53-46)37-9-17-45(18-10-37)63-33-31-61-29-30-62-32-34-64-52(39-7-5-4-6-8-39,40-12-19-43(59-2)20-13-40)41-14-21-44(60-3)22-15-41/h4-24,35-36H,25-34H2,1-3H3,(H,53,55)(H,54,56). The highest BCUT2D eigenvalue weighted by atomic mass is 16.6. The van der Waals surface area contributed by atoms with Crippen LogP contribution in [0.5, 0.6) is 17.2 Å². The summed E-state index contributed by atoms with van der Waals surface area (Å²) in [6.45, 7) is 6.65. The van der Waals surface area contributed by atoms with Crippen molar-refractivity contribution in [2.75, 3.05) is 92.0 Å². The number of imidazole rings is 2. The van der Waals surface area contributed by atoms with Gasteiger partial charge in [-0.25, -0.2) is 9.97 Å². The van der Waals surface area contributed by atoms with Crippen LogP contribution in [0.2, 0.25) is 0 Å². The lowest BCUT2D eigenvalue weighted by Gasteiger charge is -2.36. The lowest BCUT2D eigenvalue weighted by molar-refractivity contribution is -0.0345. The van der Waals surface area contributed by atoms with E-state index in [0.717, 1.165) is 105 Å². The molecule has 12 heteroatoms. The van der Waals surface area contributed by atoms with Crippen LogP contribution in [0.15, 0.2) is 140 Å². The van der Waals surface area contributed by atoms with Gasteiger partial charge in [-0.1, -0.05) is 54.6 Å². The number of aromatic amines is 2. The van der Waals surface area contributed by atoms with Crippen molar-refractivity contribution in [2.24, 2.45) is 0 Å². The largest absolute Gasteiger partial charge is 0.497 e. The molecular formula is C52H54N6O6. The fraction of sp³-hybridized carbons (Fsp3) is 0.269. The molecule has 0 saturated carbocycles. The van der Waals surface area contributed by atoms with E-state index in [4.69, 9.17) is 38.4 Å². The van der Waals surface area contributed by atoms with E-state index in [0.29, 0.717) is 39.6 Å². The van der Waals surface area contributed by atoms with Gasteiger partial charge in [0.2, 0.25) is 0 Å². The Labute approximate surface area is 373 Å². The Morgan fingerprint density at radius 3 is 1.66 bits per heavy atom. The van der Waals surface area contributed by atoms with Gasteiger partial charge >= 0.3 is 0 Å². The van der Waals surface area contributed by atoms with Gasteiger partial charge in [-0.15, -0.1) is 0 Å². The Bertz CT molecular complexity index is 2680. The fourth-order valence-electron chi connectivity index (χ4n) is 8.27. The number of hydrogen-bond acceptors (Lipinski definition) is 10. The third kappa shape index (κ3) is 9.46. The van der Waals surface area contributed by atoms with Crippen LogP contribution >= 0.6 is 0 Å². The quantitative estimate of drug-likeness (QED) is 0.0603. The maximum atomic E-state index is 6.85. The van der Waals surface area contributed by atoms with Crippen LogP contribution in [-0.2, 0) is 19.8 Å². The zero-order valence-electron chi connectivity index (χ0n) is 36.6. The number of H-pyrrole nitrogens is 2. The number of benzene rings is 6. The molecule has 12 nitrogen and oxygen atoms in total. The lowest BCUT2D eigenvalue weighted by Crippen LogP contribution is -2.44. The first-order chi connectivity index (χ1) is 31.5. The Morgan fingerprint density at radius 2 is 1.03 bits per heavy atom. The Kier molecular flexibility index (Phi) is 13.2. The van der Waals surface area contributed by atoms with Gasteiger partial charge in [0.15, 0.2) is 0 Å². The second-order valence-corrected chi connectivity index (χ2v) is 15.8. The van der Waals surface area contributed by atoms with Crippen LogP contribution in [0.25, 0.3) is 44.8 Å². The maximum Gasteiger partial charge on any atom is 0.143 e. The molecule has 2 N–H and O–H groups in total. The van der Waals surface area contributed by atoms with Gasteiger partial charge in [0.1, 0.15) is 41.1 Å². The smallest absolute Gasteiger partial charge is 0.143 e. The van der Waals surface area contributed by atoms with Crippen molar-refractivity contribution in [2.45, 2.75) is 5.60 Å². The predicted octanol–water partition coefficient (Wildman–Crippen LogP) is 8.96. The minimum atomic E-state index is -0.890. The summed E-state index contributed by atoms with van der Waals surface area (Å²) in [5, 5.41) is 0. The summed E-state index contributed by atoms with van der Waals surface area (Å²) in [5.74, 6) is 3.94. The van der Waals surface area contributed by atoms with Crippen molar-refractivity contribution in [1.29, 1.82) is 0 Å². The molecule has 0 bridgehead atoms. The number of piperazine rings is 1. The van der Waals surface area contributed by atoms with Crippen LogP contribution in [-0.4, -0.2) is 112 Å². The molecule has 2 aromatic heterocycles. The Hall–Kier alpha value is -6.70. The maximum absolute atomic E-state index is 6.85. The van der Waals surface area contributed by atoms with E-state index in [1.165, 1.54) is 5.69 Å². The van der Waals surface area contributed by atoms with E-state index < -0.39 is 5.60 Å². The van der Waals surface area contributed by atoms with Crippen molar-refractivity contribution < 1.29 is 28.4 Å². The van der Waals surface area contributed by atoms with Gasteiger partial charge in [-0.3, -0.25) is 0 Å². The number of anilines is 1. The number of nitrogens with one attached hydrogen (secondary N) is 2. The van der Waals surface area contributed by atoms with Crippen molar-refractivity contribution in [3.8, 4) is 40.0 Å². The number of likely N-dealkylation sites (N-methyl/N-ethyl adjacent to an activating group) is 1. The zero-order valence-corrected chi connectivity index (χ0v) is 36.6. The van der Waals surface area contributed by atoms with Crippen molar-refractivity contribution in [3.05, 3.63) is 156 Å². The molecule has 1 aliphatic heterocycles. The highest BCUT2D eigenvalue weighted by Crippen LogP contribution is 2.41. The lowest BCUT2D eigenvalue weighted by atomic mass is 9.80. The third-order valence-corrected chi connectivity index (χ3v) is 11.8. The van der Waals surface area contributed by atoms with E-state index in [2.05, 4.69) is 69.3 Å². The van der Waals surface area contributed by atoms with Gasteiger partial charge in [0.05, 0.1) is 69.3 Å². The number of hydrogen-bond donors (Lipinski definition) is 2. The molecule has 0 spiro atoms. The highest BCUT2D eigenvalue weighted by Gasteiger charge is 2.38. The van der Waals surface area contributed by atoms with E-state index >= 15 is 0 Å². The van der Waals surface area contributed by atoms with E-state index in [-0.39, 0.29) is 0 Å². The van der Waals surface area contributed by atoms with E-state index in [1.807, 2.05) is 97.1 Å². The summed E-state index contributed by atoms with van der Waals surface area (Å²) in [6, 6.07) is 46.9. The molecule has 0 atom stereocenters. The fourth-order valence-corrected chi connectivity index (χ4v) is 8.27. The van der Waals surface area contributed by atoms with E-state index in [9.17, 15) is 0 Å². The average molecular weight is 859 g/mol. The molecule has 0 aliphatic carbocycles. The number of methoxy groups -OCH3 is 2. The molecule has 6 aromatic carbocycles. The molecule has 0 amide bonds. The minimum absolute atomic E-state index is 0.349. The van der Waals surface area contributed by atoms with Crippen molar-refractivity contribution in [1.82, 2.24) is 24.8 Å². The van der Waals surface area contributed by atoms with Crippen molar-refractivity contribution >= 4 is 27.8 Å². The van der Waals surface area contributed by atoms with Crippen LogP contribution in [0.4, 0.5) is 5.69 Å². The van der Waals surface area contributed by atoms with Crippen LogP contribution < -0.4 is 19.1 Å². The average Bonchev–Trinajstić information content (AvgIpc) is 3.99. The molecule has 8 aromatic rings. The minimum Gasteiger partial charge on any atom is -0.497 e. The number of aromatic nitrogens is 4. The van der Waals surface area contributed by atoms with Gasteiger partial charge in [0.25, 0.3) is 0 Å². The summed E-state index contributed by atoms with van der Waals surface area (Å²) >= 11 is 0. The summed E-state index contributed by atoms with van der Waals surface area (Å²) < 4.78 is 35.6. The molecule has 328 valence electrons. The van der Waals surface area contributed by atoms with Gasteiger partial charge in [-0.2, -0.15) is 0 Å². The monoisotopic (exact) mass is 858 g/mol. The molecule has 0 radical (unpaired) electrons. The predicted molar refractivity (Wildman–Crippen MR) is 252 cm³/mol. The zero-order chi connectivity index (χ0) is 43.7. The number of nitrogens with zero attached hydrogens (tertiary/aromatic N) is 4. The molecular weight excluding hydrogens is 805 g/mol. The molecule has 0 unspecified atom stereocenters. The second-order valence-electron chi connectivity index (χ2n) is 15.8. The van der Waals surface area contributed by atoms with E-state index in [1.54, 1.807) is 14.2 Å². The molecule has 9 rings (SSSR count). The third-order valence-electron chi connectivity index (χ3n) is 11.8. The molecule has 1 aliphatic rings.